The van der Waals surface area contributed by atoms with E-state index >= 15 is 0 Å². The Morgan fingerprint density at radius 1 is 0.838 bits per heavy atom. The molecule has 0 bridgehead atoms. The van der Waals surface area contributed by atoms with Crippen LogP contribution in [0.5, 0.6) is 5.75 Å². The molecule has 196 valence electrons. The lowest BCUT2D eigenvalue weighted by Gasteiger charge is -2.36. The van der Waals surface area contributed by atoms with Gasteiger partial charge in [-0.05, 0) is 73.9 Å². The molecule has 0 spiro atoms. The number of benzene rings is 3. The van der Waals surface area contributed by atoms with Crippen molar-refractivity contribution in [1.82, 2.24) is 9.21 Å². The van der Waals surface area contributed by atoms with Crippen LogP contribution in [0.3, 0.4) is 0 Å². The number of carbonyl (C=O) groups excluding carboxylic acids is 1. The number of carbonyl (C=O) groups is 1. The fraction of sp³-hybridized carbons (Fsp3) is 0.367. The third-order valence-electron chi connectivity index (χ3n) is 7.27. The first-order chi connectivity index (χ1) is 17.9. The minimum atomic E-state index is -3.69. The Bertz CT molecular complexity index is 1240. The van der Waals surface area contributed by atoms with Crippen LogP contribution in [-0.2, 0) is 27.9 Å². The van der Waals surface area contributed by atoms with Gasteiger partial charge in [0.05, 0.1) is 12.0 Å². The predicted molar refractivity (Wildman–Crippen MR) is 146 cm³/mol. The highest BCUT2D eigenvalue weighted by Gasteiger charge is 2.31. The molecule has 0 unspecified atom stereocenters. The molecule has 0 aromatic heterocycles. The number of ether oxygens (including phenoxy) is 1. The van der Waals surface area contributed by atoms with Gasteiger partial charge in [-0.3, -0.25) is 4.79 Å². The number of amides is 1. The van der Waals surface area contributed by atoms with E-state index in [0.717, 1.165) is 43.2 Å². The van der Waals surface area contributed by atoms with Crippen molar-refractivity contribution in [2.75, 3.05) is 13.7 Å². The SMILES string of the molecule is COc1ccc(S(=O)(=O)N(Cc2ccccc2)CC2CCC(N(C=O)Cc3ccc(C)cc3)CC2)cc1. The van der Waals surface area contributed by atoms with Crippen molar-refractivity contribution in [3.05, 3.63) is 95.6 Å². The van der Waals surface area contributed by atoms with Crippen LogP contribution in [0.1, 0.15) is 42.4 Å². The molecule has 1 fully saturated rings. The fourth-order valence-corrected chi connectivity index (χ4v) is 6.54. The quantitative estimate of drug-likeness (QED) is 0.317. The van der Waals surface area contributed by atoms with E-state index in [2.05, 4.69) is 31.2 Å². The first kappa shape index (κ1) is 26.9. The van der Waals surface area contributed by atoms with Gasteiger partial charge >= 0.3 is 0 Å². The highest BCUT2D eigenvalue weighted by atomic mass is 32.2. The summed E-state index contributed by atoms with van der Waals surface area (Å²) >= 11 is 0. The molecule has 1 saturated carbocycles. The molecule has 0 atom stereocenters. The summed E-state index contributed by atoms with van der Waals surface area (Å²) in [6.07, 6.45) is 4.47. The lowest BCUT2D eigenvalue weighted by Crippen LogP contribution is -2.40. The first-order valence-electron chi connectivity index (χ1n) is 12.8. The number of hydrogen-bond donors (Lipinski definition) is 0. The second-order valence-electron chi connectivity index (χ2n) is 9.90. The third kappa shape index (κ3) is 6.99. The summed E-state index contributed by atoms with van der Waals surface area (Å²) in [4.78, 5) is 14.1. The Hall–Kier alpha value is -3.16. The maximum Gasteiger partial charge on any atom is 0.243 e. The minimum absolute atomic E-state index is 0.177. The van der Waals surface area contributed by atoms with Gasteiger partial charge in [-0.15, -0.1) is 0 Å². The standard InChI is InChI=1S/C30H36N2O4S/c1-24-8-10-26(11-9-24)20-31(23-33)28-14-12-27(13-15-28)22-32(21-25-6-4-3-5-7-25)37(34,35)30-18-16-29(36-2)17-19-30/h3-11,16-19,23,27-28H,12-15,20-22H2,1-2H3. The zero-order valence-corrected chi connectivity index (χ0v) is 22.4. The van der Waals surface area contributed by atoms with Crippen molar-refractivity contribution in [2.45, 2.75) is 56.6 Å². The molecule has 0 aliphatic heterocycles. The van der Waals surface area contributed by atoms with E-state index in [-0.39, 0.29) is 16.9 Å². The molecule has 1 amide bonds. The molecule has 0 N–H and O–H groups in total. The van der Waals surface area contributed by atoms with Crippen molar-refractivity contribution in [3.8, 4) is 5.75 Å². The van der Waals surface area contributed by atoms with Crippen LogP contribution >= 0.6 is 0 Å². The number of hydrogen-bond acceptors (Lipinski definition) is 4. The van der Waals surface area contributed by atoms with Crippen LogP contribution in [0.4, 0.5) is 0 Å². The van der Waals surface area contributed by atoms with Crippen LogP contribution in [0, 0.1) is 12.8 Å². The minimum Gasteiger partial charge on any atom is -0.497 e. The maximum atomic E-state index is 13.7. The van der Waals surface area contributed by atoms with Crippen LogP contribution in [0.2, 0.25) is 0 Å². The smallest absolute Gasteiger partial charge is 0.243 e. The Morgan fingerprint density at radius 3 is 2.05 bits per heavy atom. The summed E-state index contributed by atoms with van der Waals surface area (Å²) < 4.78 is 34.2. The van der Waals surface area contributed by atoms with Crippen LogP contribution in [0.25, 0.3) is 0 Å². The number of methoxy groups -OCH3 is 1. The Labute approximate surface area is 220 Å². The van der Waals surface area contributed by atoms with Gasteiger partial charge in [-0.2, -0.15) is 4.31 Å². The van der Waals surface area contributed by atoms with E-state index in [1.807, 2.05) is 35.2 Å². The monoisotopic (exact) mass is 520 g/mol. The zero-order chi connectivity index (χ0) is 26.3. The van der Waals surface area contributed by atoms with Gasteiger partial charge in [0.1, 0.15) is 5.75 Å². The molecule has 4 rings (SSSR count). The fourth-order valence-electron chi connectivity index (χ4n) is 5.04. The van der Waals surface area contributed by atoms with Gasteiger partial charge in [0.15, 0.2) is 0 Å². The van der Waals surface area contributed by atoms with E-state index in [4.69, 9.17) is 4.74 Å². The highest BCUT2D eigenvalue weighted by Crippen LogP contribution is 2.31. The summed E-state index contributed by atoms with van der Waals surface area (Å²) in [5.74, 6) is 0.859. The van der Waals surface area contributed by atoms with Crippen molar-refractivity contribution in [1.29, 1.82) is 0 Å². The third-order valence-corrected chi connectivity index (χ3v) is 9.09. The maximum absolute atomic E-state index is 13.7. The first-order valence-corrected chi connectivity index (χ1v) is 14.3. The molecule has 3 aromatic carbocycles. The lowest BCUT2D eigenvalue weighted by molar-refractivity contribution is -0.121. The molecular formula is C30H36N2O4S. The van der Waals surface area contributed by atoms with Gasteiger partial charge in [0, 0.05) is 25.7 Å². The van der Waals surface area contributed by atoms with E-state index < -0.39 is 10.0 Å². The lowest BCUT2D eigenvalue weighted by atomic mass is 9.85. The number of aryl methyl sites for hydroxylation is 1. The van der Waals surface area contributed by atoms with Gasteiger partial charge < -0.3 is 9.64 Å². The van der Waals surface area contributed by atoms with Crippen molar-refractivity contribution >= 4 is 16.4 Å². The molecule has 0 heterocycles. The molecule has 1 aliphatic carbocycles. The van der Waals surface area contributed by atoms with Crippen molar-refractivity contribution in [2.24, 2.45) is 5.92 Å². The largest absolute Gasteiger partial charge is 0.497 e. The van der Waals surface area contributed by atoms with Crippen LogP contribution < -0.4 is 4.74 Å². The van der Waals surface area contributed by atoms with Crippen LogP contribution in [-0.4, -0.2) is 43.7 Å². The summed E-state index contributed by atoms with van der Waals surface area (Å²) in [7, 11) is -2.13. The number of rotatable bonds is 11. The van der Waals surface area contributed by atoms with Gasteiger partial charge in [0.2, 0.25) is 16.4 Å². The van der Waals surface area contributed by atoms with E-state index in [0.29, 0.717) is 25.4 Å². The molecule has 6 nitrogen and oxygen atoms in total. The Balaban J connectivity index is 1.44. The summed E-state index contributed by atoms with van der Waals surface area (Å²) in [5.41, 5.74) is 3.28. The van der Waals surface area contributed by atoms with Crippen molar-refractivity contribution in [3.63, 3.8) is 0 Å². The summed E-state index contributed by atoms with van der Waals surface area (Å²) in [6.45, 7) is 3.43. The predicted octanol–water partition coefficient (Wildman–Crippen LogP) is 5.41. The number of sulfonamides is 1. The molecule has 37 heavy (non-hydrogen) atoms. The van der Waals surface area contributed by atoms with Crippen LogP contribution in [0.15, 0.2) is 83.8 Å². The summed E-state index contributed by atoms with van der Waals surface area (Å²) in [6, 6.07) is 24.8. The van der Waals surface area contributed by atoms with Crippen molar-refractivity contribution < 1.29 is 17.9 Å². The van der Waals surface area contributed by atoms with E-state index in [1.165, 1.54) is 5.56 Å². The summed E-state index contributed by atoms with van der Waals surface area (Å²) in [5, 5.41) is 0. The normalized spacial score (nSPS) is 17.9. The van der Waals surface area contributed by atoms with E-state index in [1.54, 1.807) is 35.7 Å². The average Bonchev–Trinajstić information content (AvgIpc) is 2.93. The molecular weight excluding hydrogens is 484 g/mol. The molecule has 0 radical (unpaired) electrons. The Morgan fingerprint density at radius 2 is 1.46 bits per heavy atom. The molecule has 7 heteroatoms. The van der Waals surface area contributed by atoms with Gasteiger partial charge in [-0.25, -0.2) is 8.42 Å². The second-order valence-corrected chi connectivity index (χ2v) is 11.8. The van der Waals surface area contributed by atoms with Gasteiger partial charge in [0.25, 0.3) is 0 Å². The second kappa shape index (κ2) is 12.4. The molecule has 1 aliphatic rings. The topological polar surface area (TPSA) is 66.9 Å². The number of nitrogens with zero attached hydrogens (tertiary/aromatic N) is 2. The van der Waals surface area contributed by atoms with Gasteiger partial charge in [-0.1, -0.05) is 60.2 Å². The zero-order valence-electron chi connectivity index (χ0n) is 21.6. The highest BCUT2D eigenvalue weighted by molar-refractivity contribution is 7.89. The molecule has 0 saturated heterocycles. The van der Waals surface area contributed by atoms with E-state index in [9.17, 15) is 13.2 Å². The molecule has 3 aromatic rings. The average molecular weight is 521 g/mol. The Kier molecular flexibility index (Phi) is 9.00.